The first-order chi connectivity index (χ1) is 13.2. The van der Waals surface area contributed by atoms with Crippen molar-refractivity contribution in [1.29, 1.82) is 0 Å². The Hall–Kier alpha value is -2.94. The quantitative estimate of drug-likeness (QED) is 0.665. The first-order valence-corrected chi connectivity index (χ1v) is 8.66. The van der Waals surface area contributed by atoms with Crippen molar-refractivity contribution in [2.24, 2.45) is 0 Å². The van der Waals surface area contributed by atoms with Gasteiger partial charge < -0.3 is 19.5 Å². The van der Waals surface area contributed by atoms with Crippen LogP contribution in [0.4, 0.5) is 10.2 Å². The van der Waals surface area contributed by atoms with Gasteiger partial charge in [-0.25, -0.2) is 4.98 Å². The maximum Gasteiger partial charge on any atom is 0.312 e. The summed E-state index contributed by atoms with van der Waals surface area (Å²) in [7, 11) is 3.16. The molecule has 0 radical (unpaired) electrons. The summed E-state index contributed by atoms with van der Waals surface area (Å²) in [5.74, 6) is 1.61. The first-order valence-electron chi connectivity index (χ1n) is 8.66. The second-order valence-corrected chi connectivity index (χ2v) is 6.18. The number of hydrogen-bond donors (Lipinski definition) is 1. The molecule has 1 aromatic carbocycles. The van der Waals surface area contributed by atoms with E-state index in [-0.39, 0.29) is 6.23 Å². The van der Waals surface area contributed by atoms with Gasteiger partial charge >= 0.3 is 6.08 Å². The van der Waals surface area contributed by atoms with Crippen LogP contribution in [-0.4, -0.2) is 40.3 Å². The molecular formula is C18H20FN5O3. The van der Waals surface area contributed by atoms with E-state index in [1.807, 2.05) is 18.2 Å². The van der Waals surface area contributed by atoms with Crippen molar-refractivity contribution in [2.75, 3.05) is 26.1 Å². The van der Waals surface area contributed by atoms with Crippen LogP contribution < -0.4 is 14.8 Å². The Morgan fingerprint density at radius 2 is 2.11 bits per heavy atom. The summed E-state index contributed by atoms with van der Waals surface area (Å²) < 4.78 is 32.0. The monoisotopic (exact) mass is 373 g/mol. The average Bonchev–Trinajstić information content (AvgIpc) is 3.35. The van der Waals surface area contributed by atoms with Crippen molar-refractivity contribution in [2.45, 2.75) is 25.6 Å². The number of fused-ring (bicyclic) bond motifs is 1. The van der Waals surface area contributed by atoms with Crippen LogP contribution in [0.2, 0.25) is 0 Å². The van der Waals surface area contributed by atoms with Gasteiger partial charge in [0, 0.05) is 13.2 Å². The van der Waals surface area contributed by atoms with E-state index in [1.165, 1.54) is 0 Å². The lowest BCUT2D eigenvalue weighted by atomic mass is 10.2. The standard InChI is InChI=1S/C18H20FN5O3/c1-25-12-6-5-11(8-13(12)26-2)9-20-16-15-17(23-18(19)22-16)24(10-21-15)14-4-3-7-27-14/h5-6,8,10,14H,3-4,7,9H2,1-2H3,(H,20,22,23). The van der Waals surface area contributed by atoms with Crippen molar-refractivity contribution in [3.63, 3.8) is 0 Å². The van der Waals surface area contributed by atoms with Crippen molar-refractivity contribution in [3.8, 4) is 11.5 Å². The molecule has 3 aromatic rings. The van der Waals surface area contributed by atoms with Gasteiger partial charge in [-0.15, -0.1) is 0 Å². The van der Waals surface area contributed by atoms with E-state index in [0.717, 1.165) is 18.4 Å². The van der Waals surface area contributed by atoms with Crippen LogP contribution in [0.3, 0.4) is 0 Å². The van der Waals surface area contributed by atoms with Gasteiger partial charge in [0.25, 0.3) is 0 Å². The molecule has 2 aromatic heterocycles. The highest BCUT2D eigenvalue weighted by molar-refractivity contribution is 5.82. The minimum absolute atomic E-state index is 0.164. The molecule has 0 bridgehead atoms. The molecule has 1 atom stereocenters. The normalized spacial score (nSPS) is 16.6. The molecule has 1 aliphatic heterocycles. The Morgan fingerprint density at radius 1 is 1.26 bits per heavy atom. The van der Waals surface area contributed by atoms with Gasteiger partial charge in [-0.05, 0) is 30.5 Å². The molecule has 3 heterocycles. The number of aromatic nitrogens is 4. The van der Waals surface area contributed by atoms with E-state index < -0.39 is 6.08 Å². The highest BCUT2D eigenvalue weighted by Crippen LogP contribution is 2.30. The molecule has 0 amide bonds. The summed E-state index contributed by atoms with van der Waals surface area (Å²) in [4.78, 5) is 12.1. The second kappa shape index (κ2) is 7.36. The third kappa shape index (κ3) is 3.37. The van der Waals surface area contributed by atoms with E-state index >= 15 is 0 Å². The summed E-state index contributed by atoms with van der Waals surface area (Å²) in [6, 6.07) is 5.57. The number of nitrogens with zero attached hydrogens (tertiary/aromatic N) is 4. The smallest absolute Gasteiger partial charge is 0.312 e. The molecule has 8 nitrogen and oxygen atoms in total. The maximum atomic E-state index is 14.0. The number of imidazole rings is 1. The fourth-order valence-corrected chi connectivity index (χ4v) is 3.18. The zero-order chi connectivity index (χ0) is 18.8. The third-order valence-corrected chi connectivity index (χ3v) is 4.52. The van der Waals surface area contributed by atoms with Crippen LogP contribution in [0, 0.1) is 6.08 Å². The van der Waals surface area contributed by atoms with E-state index in [1.54, 1.807) is 25.1 Å². The molecule has 1 fully saturated rings. The Balaban J connectivity index is 1.60. The molecule has 1 saturated heterocycles. The molecule has 0 saturated carbocycles. The molecule has 9 heteroatoms. The van der Waals surface area contributed by atoms with E-state index in [9.17, 15) is 4.39 Å². The largest absolute Gasteiger partial charge is 0.493 e. The van der Waals surface area contributed by atoms with Gasteiger partial charge in [0.1, 0.15) is 6.23 Å². The number of rotatable bonds is 6. The van der Waals surface area contributed by atoms with Crippen molar-refractivity contribution in [1.82, 2.24) is 19.5 Å². The molecule has 0 spiro atoms. The summed E-state index contributed by atoms with van der Waals surface area (Å²) in [6.07, 6.45) is 2.46. The highest BCUT2D eigenvalue weighted by atomic mass is 19.1. The predicted octanol–water partition coefficient (Wildman–Crippen LogP) is 2.90. The second-order valence-electron chi connectivity index (χ2n) is 6.18. The van der Waals surface area contributed by atoms with Gasteiger partial charge in [-0.1, -0.05) is 6.07 Å². The molecule has 0 aliphatic carbocycles. The van der Waals surface area contributed by atoms with Gasteiger partial charge in [-0.2, -0.15) is 14.4 Å². The van der Waals surface area contributed by atoms with Gasteiger partial charge in [0.15, 0.2) is 28.5 Å². The highest BCUT2D eigenvalue weighted by Gasteiger charge is 2.22. The molecule has 1 N–H and O–H groups in total. The number of anilines is 1. The van der Waals surface area contributed by atoms with Crippen LogP contribution in [-0.2, 0) is 11.3 Å². The molecular weight excluding hydrogens is 353 g/mol. The Kier molecular flexibility index (Phi) is 4.76. The van der Waals surface area contributed by atoms with Gasteiger partial charge in [-0.3, -0.25) is 4.57 Å². The summed E-state index contributed by atoms with van der Waals surface area (Å²) in [5.41, 5.74) is 1.86. The molecule has 4 rings (SSSR count). The number of halogens is 1. The van der Waals surface area contributed by atoms with Crippen LogP contribution in [0.25, 0.3) is 11.2 Å². The minimum atomic E-state index is -0.808. The number of ether oxygens (including phenoxy) is 3. The average molecular weight is 373 g/mol. The van der Waals surface area contributed by atoms with Crippen LogP contribution in [0.5, 0.6) is 11.5 Å². The molecule has 27 heavy (non-hydrogen) atoms. The lowest BCUT2D eigenvalue weighted by Gasteiger charge is -2.12. The lowest BCUT2D eigenvalue weighted by Crippen LogP contribution is -2.09. The van der Waals surface area contributed by atoms with E-state index in [2.05, 4.69) is 20.3 Å². The Morgan fingerprint density at radius 3 is 2.85 bits per heavy atom. The van der Waals surface area contributed by atoms with E-state index in [0.29, 0.717) is 41.6 Å². The van der Waals surface area contributed by atoms with Crippen LogP contribution >= 0.6 is 0 Å². The summed E-state index contributed by atoms with van der Waals surface area (Å²) >= 11 is 0. The summed E-state index contributed by atoms with van der Waals surface area (Å²) in [5, 5.41) is 3.13. The van der Waals surface area contributed by atoms with Gasteiger partial charge in [0.2, 0.25) is 0 Å². The number of hydrogen-bond acceptors (Lipinski definition) is 7. The van der Waals surface area contributed by atoms with Crippen molar-refractivity contribution >= 4 is 17.0 Å². The minimum Gasteiger partial charge on any atom is -0.493 e. The first kappa shape index (κ1) is 17.5. The SMILES string of the molecule is COc1ccc(CNc2nc(F)nc3c2ncn3C2CCCO2)cc1OC. The zero-order valence-electron chi connectivity index (χ0n) is 15.1. The maximum absolute atomic E-state index is 14.0. The molecule has 1 unspecified atom stereocenters. The van der Waals surface area contributed by atoms with Crippen LogP contribution in [0.15, 0.2) is 24.5 Å². The topological polar surface area (TPSA) is 83.3 Å². The zero-order valence-corrected chi connectivity index (χ0v) is 15.1. The number of benzene rings is 1. The number of nitrogens with one attached hydrogen (secondary N) is 1. The summed E-state index contributed by atoms with van der Waals surface area (Å²) in [6.45, 7) is 1.10. The molecule has 142 valence electrons. The Bertz CT molecular complexity index is 956. The fraction of sp³-hybridized carbons (Fsp3) is 0.389. The molecule has 1 aliphatic rings. The fourth-order valence-electron chi connectivity index (χ4n) is 3.18. The van der Waals surface area contributed by atoms with E-state index in [4.69, 9.17) is 14.2 Å². The van der Waals surface area contributed by atoms with Crippen LogP contribution in [0.1, 0.15) is 24.6 Å². The Labute approximate surface area is 155 Å². The van der Waals surface area contributed by atoms with Crippen molar-refractivity contribution < 1.29 is 18.6 Å². The lowest BCUT2D eigenvalue weighted by molar-refractivity contribution is 0.0592. The van der Waals surface area contributed by atoms with Crippen molar-refractivity contribution in [3.05, 3.63) is 36.2 Å². The predicted molar refractivity (Wildman–Crippen MR) is 96.4 cm³/mol. The number of methoxy groups -OCH3 is 2. The third-order valence-electron chi connectivity index (χ3n) is 4.52. The van der Waals surface area contributed by atoms with Gasteiger partial charge in [0.05, 0.1) is 20.5 Å².